The van der Waals surface area contributed by atoms with E-state index < -0.39 is 0 Å². The predicted octanol–water partition coefficient (Wildman–Crippen LogP) is 4.96. The maximum Gasteiger partial charge on any atom is 0.150 e. The zero-order valence-corrected chi connectivity index (χ0v) is 13.2. The molecule has 0 fully saturated rings. The van der Waals surface area contributed by atoms with Gasteiger partial charge in [0.1, 0.15) is 11.5 Å². The van der Waals surface area contributed by atoms with Crippen LogP contribution in [0.3, 0.4) is 0 Å². The van der Waals surface area contributed by atoms with Gasteiger partial charge >= 0.3 is 0 Å². The van der Waals surface area contributed by atoms with Gasteiger partial charge < -0.3 is 10.1 Å². The SMILES string of the molecule is CCNCc1cccc(Cl)c1Oc1ccc(SC)cc1. The Balaban J connectivity index is 2.22. The van der Waals surface area contributed by atoms with Gasteiger partial charge in [-0.1, -0.05) is 30.7 Å². The smallest absolute Gasteiger partial charge is 0.150 e. The van der Waals surface area contributed by atoms with Crippen molar-refractivity contribution in [3.05, 3.63) is 53.1 Å². The van der Waals surface area contributed by atoms with E-state index in [9.17, 15) is 0 Å². The van der Waals surface area contributed by atoms with Crippen molar-refractivity contribution in [3.8, 4) is 11.5 Å². The molecule has 0 aromatic heterocycles. The Hall–Kier alpha value is -1.16. The van der Waals surface area contributed by atoms with Crippen LogP contribution in [-0.2, 0) is 6.54 Å². The summed E-state index contributed by atoms with van der Waals surface area (Å²) >= 11 is 7.97. The molecule has 2 aromatic carbocycles. The normalized spacial score (nSPS) is 10.6. The van der Waals surface area contributed by atoms with Gasteiger partial charge in [-0.05, 0) is 43.1 Å². The Bertz CT molecular complexity index is 557. The molecule has 0 amide bonds. The summed E-state index contributed by atoms with van der Waals surface area (Å²) in [5, 5.41) is 3.93. The lowest BCUT2D eigenvalue weighted by Crippen LogP contribution is -2.12. The quantitative estimate of drug-likeness (QED) is 0.762. The maximum atomic E-state index is 6.26. The van der Waals surface area contributed by atoms with Crippen LogP contribution in [0.5, 0.6) is 11.5 Å². The number of benzene rings is 2. The van der Waals surface area contributed by atoms with E-state index in [-0.39, 0.29) is 0 Å². The predicted molar refractivity (Wildman–Crippen MR) is 87.1 cm³/mol. The molecule has 0 aliphatic rings. The Morgan fingerprint density at radius 3 is 2.55 bits per heavy atom. The average Bonchev–Trinajstić information content (AvgIpc) is 2.48. The average molecular weight is 308 g/mol. The van der Waals surface area contributed by atoms with Gasteiger partial charge in [0, 0.05) is 17.0 Å². The van der Waals surface area contributed by atoms with Gasteiger partial charge in [-0.3, -0.25) is 0 Å². The molecule has 0 aliphatic heterocycles. The highest BCUT2D eigenvalue weighted by atomic mass is 35.5. The van der Waals surface area contributed by atoms with Crippen LogP contribution >= 0.6 is 23.4 Å². The van der Waals surface area contributed by atoms with Crippen molar-refractivity contribution < 1.29 is 4.74 Å². The summed E-state index contributed by atoms with van der Waals surface area (Å²) in [6.07, 6.45) is 2.05. The Kier molecular flexibility index (Phi) is 5.77. The van der Waals surface area contributed by atoms with Crippen LogP contribution in [0, 0.1) is 0 Å². The van der Waals surface area contributed by atoms with Crippen molar-refractivity contribution in [2.75, 3.05) is 12.8 Å². The van der Waals surface area contributed by atoms with Crippen molar-refractivity contribution in [2.45, 2.75) is 18.4 Å². The topological polar surface area (TPSA) is 21.3 Å². The summed E-state index contributed by atoms with van der Waals surface area (Å²) < 4.78 is 5.96. The van der Waals surface area contributed by atoms with E-state index in [4.69, 9.17) is 16.3 Å². The molecular weight excluding hydrogens is 290 g/mol. The molecule has 2 nitrogen and oxygen atoms in total. The fourth-order valence-electron chi connectivity index (χ4n) is 1.83. The molecule has 20 heavy (non-hydrogen) atoms. The number of para-hydroxylation sites is 1. The summed E-state index contributed by atoms with van der Waals surface area (Å²) in [5.74, 6) is 1.53. The molecule has 2 rings (SSSR count). The van der Waals surface area contributed by atoms with Gasteiger partial charge in [0.05, 0.1) is 5.02 Å². The standard InChI is InChI=1S/C16H18ClNOS/c1-3-18-11-12-5-4-6-15(17)16(12)19-13-7-9-14(20-2)10-8-13/h4-10,18H,3,11H2,1-2H3. The highest BCUT2D eigenvalue weighted by Gasteiger charge is 2.09. The third-order valence-corrected chi connectivity index (χ3v) is 3.93. The van der Waals surface area contributed by atoms with Gasteiger partial charge in [0.2, 0.25) is 0 Å². The molecule has 0 saturated carbocycles. The van der Waals surface area contributed by atoms with E-state index in [1.165, 1.54) is 4.90 Å². The summed E-state index contributed by atoms with van der Waals surface area (Å²) in [4.78, 5) is 1.21. The molecule has 0 atom stereocenters. The van der Waals surface area contributed by atoms with E-state index >= 15 is 0 Å². The van der Waals surface area contributed by atoms with Crippen molar-refractivity contribution in [1.82, 2.24) is 5.32 Å². The first-order chi connectivity index (χ1) is 9.74. The number of rotatable bonds is 6. The summed E-state index contributed by atoms with van der Waals surface area (Å²) in [6.45, 7) is 3.73. The number of hydrogen-bond donors (Lipinski definition) is 1. The Labute approximate surface area is 129 Å². The molecule has 106 valence electrons. The van der Waals surface area contributed by atoms with Gasteiger partial charge in [-0.15, -0.1) is 11.8 Å². The van der Waals surface area contributed by atoms with E-state index in [2.05, 4.69) is 18.5 Å². The molecule has 2 aromatic rings. The number of thioether (sulfide) groups is 1. The molecule has 0 aliphatic carbocycles. The summed E-state index contributed by atoms with van der Waals surface area (Å²) in [6, 6.07) is 13.8. The zero-order chi connectivity index (χ0) is 14.4. The first-order valence-corrected chi connectivity index (χ1v) is 8.15. The monoisotopic (exact) mass is 307 g/mol. The number of halogens is 1. The fourth-order valence-corrected chi connectivity index (χ4v) is 2.47. The number of nitrogens with one attached hydrogen (secondary N) is 1. The van der Waals surface area contributed by atoms with Crippen LogP contribution in [0.1, 0.15) is 12.5 Å². The largest absolute Gasteiger partial charge is 0.455 e. The first kappa shape index (κ1) is 15.2. The van der Waals surface area contributed by atoms with E-state index in [1.807, 2.05) is 42.5 Å². The summed E-state index contributed by atoms with van der Waals surface area (Å²) in [5.41, 5.74) is 1.06. The van der Waals surface area contributed by atoms with Crippen LogP contribution in [0.15, 0.2) is 47.4 Å². The van der Waals surface area contributed by atoms with Crippen LogP contribution in [0.25, 0.3) is 0 Å². The highest BCUT2D eigenvalue weighted by molar-refractivity contribution is 7.98. The molecule has 4 heteroatoms. The molecule has 0 unspecified atom stereocenters. The molecule has 0 heterocycles. The van der Waals surface area contributed by atoms with Gasteiger partial charge in [-0.25, -0.2) is 0 Å². The fraction of sp³-hybridized carbons (Fsp3) is 0.250. The van der Waals surface area contributed by atoms with Crippen LogP contribution in [-0.4, -0.2) is 12.8 Å². The maximum absolute atomic E-state index is 6.26. The van der Waals surface area contributed by atoms with Gasteiger partial charge in [-0.2, -0.15) is 0 Å². The highest BCUT2D eigenvalue weighted by Crippen LogP contribution is 2.33. The first-order valence-electron chi connectivity index (χ1n) is 6.54. The van der Waals surface area contributed by atoms with Crippen molar-refractivity contribution >= 4 is 23.4 Å². The van der Waals surface area contributed by atoms with Crippen molar-refractivity contribution in [3.63, 3.8) is 0 Å². The second-order valence-electron chi connectivity index (χ2n) is 4.29. The number of ether oxygens (including phenoxy) is 1. The van der Waals surface area contributed by atoms with Crippen LogP contribution in [0.4, 0.5) is 0 Å². The van der Waals surface area contributed by atoms with Gasteiger partial charge in [0.15, 0.2) is 0 Å². The van der Waals surface area contributed by atoms with E-state index in [0.29, 0.717) is 5.02 Å². The van der Waals surface area contributed by atoms with E-state index in [0.717, 1.165) is 30.2 Å². The molecule has 1 N–H and O–H groups in total. The second-order valence-corrected chi connectivity index (χ2v) is 5.57. The Morgan fingerprint density at radius 1 is 1.15 bits per heavy atom. The molecule has 0 spiro atoms. The minimum absolute atomic E-state index is 0.634. The minimum atomic E-state index is 0.634. The lowest BCUT2D eigenvalue weighted by Gasteiger charge is -2.13. The van der Waals surface area contributed by atoms with Crippen LogP contribution < -0.4 is 10.1 Å². The molecular formula is C16H18ClNOS. The lowest BCUT2D eigenvalue weighted by atomic mass is 10.2. The zero-order valence-electron chi connectivity index (χ0n) is 11.7. The number of hydrogen-bond acceptors (Lipinski definition) is 3. The second kappa shape index (κ2) is 7.58. The summed E-state index contributed by atoms with van der Waals surface area (Å²) in [7, 11) is 0. The van der Waals surface area contributed by atoms with Crippen molar-refractivity contribution in [1.29, 1.82) is 0 Å². The lowest BCUT2D eigenvalue weighted by molar-refractivity contribution is 0.473. The third-order valence-electron chi connectivity index (χ3n) is 2.89. The third kappa shape index (κ3) is 3.92. The van der Waals surface area contributed by atoms with Crippen LogP contribution in [0.2, 0.25) is 5.02 Å². The van der Waals surface area contributed by atoms with Crippen molar-refractivity contribution in [2.24, 2.45) is 0 Å². The molecule has 0 radical (unpaired) electrons. The van der Waals surface area contributed by atoms with E-state index in [1.54, 1.807) is 11.8 Å². The molecule has 0 saturated heterocycles. The molecule has 0 bridgehead atoms. The van der Waals surface area contributed by atoms with Gasteiger partial charge in [0.25, 0.3) is 0 Å². The Morgan fingerprint density at radius 2 is 1.90 bits per heavy atom. The minimum Gasteiger partial charge on any atom is -0.455 e.